The SMILES string of the molecule is CC(C)(C)OC(=O)/N=C(\N)c1ccc(NC(=O)c2ccc3c(c2)CCC(OCC(=O)O)C3)cc1. The standard InChI is InChI=1S/C25H29N3O6/c1-25(2,3)34-24(32)28-22(26)15-6-9-19(10-7-15)27-23(31)18-5-4-17-13-20(33-14-21(29)30)11-8-16(17)12-18/h4-7,9-10,12,20H,8,11,13-14H2,1-3H3,(H,27,31)(H,29,30)(H2,26,28,32). The zero-order valence-corrected chi connectivity index (χ0v) is 19.5. The molecule has 3 rings (SSSR count). The summed E-state index contributed by atoms with van der Waals surface area (Å²) in [6, 6.07) is 12.1. The van der Waals surface area contributed by atoms with E-state index in [9.17, 15) is 14.4 Å². The lowest BCUT2D eigenvalue weighted by Crippen LogP contribution is -2.25. The molecular formula is C25H29N3O6. The number of nitrogens with two attached hydrogens (primary N) is 1. The average Bonchev–Trinajstić information content (AvgIpc) is 2.76. The van der Waals surface area contributed by atoms with Gasteiger partial charge in [0.1, 0.15) is 18.0 Å². The van der Waals surface area contributed by atoms with Gasteiger partial charge in [-0.15, -0.1) is 0 Å². The van der Waals surface area contributed by atoms with Crippen molar-refractivity contribution in [2.24, 2.45) is 10.7 Å². The van der Waals surface area contributed by atoms with E-state index in [-0.39, 0.29) is 24.5 Å². The highest BCUT2D eigenvalue weighted by atomic mass is 16.6. The summed E-state index contributed by atoms with van der Waals surface area (Å²) in [6.07, 6.45) is 1.14. The molecule has 0 bridgehead atoms. The Hall–Kier alpha value is -3.72. The predicted octanol–water partition coefficient (Wildman–Crippen LogP) is 3.54. The molecule has 34 heavy (non-hydrogen) atoms. The highest BCUT2D eigenvalue weighted by Gasteiger charge is 2.21. The van der Waals surface area contributed by atoms with Crippen LogP contribution in [0.2, 0.25) is 0 Å². The molecule has 1 aliphatic rings. The third-order valence-corrected chi connectivity index (χ3v) is 5.14. The van der Waals surface area contributed by atoms with E-state index in [1.54, 1.807) is 51.1 Å². The van der Waals surface area contributed by atoms with Crippen molar-refractivity contribution in [2.45, 2.75) is 51.7 Å². The summed E-state index contributed by atoms with van der Waals surface area (Å²) in [6.45, 7) is 4.91. The monoisotopic (exact) mass is 467 g/mol. The molecule has 2 aromatic carbocycles. The number of carbonyl (C=O) groups is 3. The van der Waals surface area contributed by atoms with Gasteiger partial charge >= 0.3 is 12.1 Å². The smallest absolute Gasteiger partial charge is 0.436 e. The molecule has 0 spiro atoms. The predicted molar refractivity (Wildman–Crippen MR) is 127 cm³/mol. The summed E-state index contributed by atoms with van der Waals surface area (Å²) in [7, 11) is 0. The van der Waals surface area contributed by atoms with Gasteiger partial charge in [0.25, 0.3) is 5.91 Å². The number of amidine groups is 1. The normalized spacial score (nSPS) is 15.9. The third-order valence-electron chi connectivity index (χ3n) is 5.14. The molecule has 0 saturated carbocycles. The van der Waals surface area contributed by atoms with Crippen molar-refractivity contribution in [3.8, 4) is 0 Å². The number of fused-ring (bicyclic) bond motifs is 1. The topological polar surface area (TPSA) is 140 Å². The largest absolute Gasteiger partial charge is 0.480 e. The fourth-order valence-corrected chi connectivity index (χ4v) is 3.57. The highest BCUT2D eigenvalue weighted by molar-refractivity contribution is 6.05. The van der Waals surface area contributed by atoms with Gasteiger partial charge in [-0.1, -0.05) is 6.07 Å². The van der Waals surface area contributed by atoms with Gasteiger partial charge in [0.15, 0.2) is 0 Å². The van der Waals surface area contributed by atoms with Crippen LogP contribution in [0.5, 0.6) is 0 Å². The van der Waals surface area contributed by atoms with Gasteiger partial charge in [0, 0.05) is 16.8 Å². The Morgan fingerprint density at radius 3 is 2.41 bits per heavy atom. The zero-order chi connectivity index (χ0) is 24.9. The first-order valence-electron chi connectivity index (χ1n) is 10.9. The number of nitrogens with zero attached hydrogens (tertiary/aromatic N) is 1. The van der Waals surface area contributed by atoms with E-state index >= 15 is 0 Å². The molecule has 1 unspecified atom stereocenters. The van der Waals surface area contributed by atoms with Crippen molar-refractivity contribution in [1.82, 2.24) is 0 Å². The Balaban J connectivity index is 1.61. The van der Waals surface area contributed by atoms with Crippen LogP contribution in [-0.2, 0) is 27.1 Å². The number of aliphatic imine (C=N–C) groups is 1. The summed E-state index contributed by atoms with van der Waals surface area (Å²) in [5.74, 6) is -1.22. The molecule has 2 aromatic rings. The first-order valence-corrected chi connectivity index (χ1v) is 10.9. The maximum Gasteiger partial charge on any atom is 0.436 e. The van der Waals surface area contributed by atoms with Gasteiger partial charge in [0.2, 0.25) is 0 Å². The van der Waals surface area contributed by atoms with E-state index in [1.165, 1.54) is 0 Å². The average molecular weight is 468 g/mol. The number of hydrogen-bond acceptors (Lipinski definition) is 5. The summed E-state index contributed by atoms with van der Waals surface area (Å²) in [5, 5.41) is 11.6. The molecule has 180 valence electrons. The molecule has 2 amide bonds. The fourth-order valence-electron chi connectivity index (χ4n) is 3.57. The molecule has 0 aliphatic heterocycles. The van der Waals surface area contributed by atoms with Crippen LogP contribution in [0, 0.1) is 0 Å². The van der Waals surface area contributed by atoms with Crippen LogP contribution in [-0.4, -0.2) is 47.2 Å². The number of benzene rings is 2. The van der Waals surface area contributed by atoms with Crippen LogP contribution >= 0.6 is 0 Å². The van der Waals surface area contributed by atoms with Gasteiger partial charge in [-0.3, -0.25) is 4.79 Å². The molecule has 0 radical (unpaired) electrons. The minimum absolute atomic E-state index is 0.0208. The summed E-state index contributed by atoms with van der Waals surface area (Å²) in [5.41, 5.74) is 8.96. The molecular weight excluding hydrogens is 438 g/mol. The van der Waals surface area contributed by atoms with Gasteiger partial charge in [-0.2, -0.15) is 4.99 Å². The van der Waals surface area contributed by atoms with Crippen LogP contribution in [0.4, 0.5) is 10.5 Å². The molecule has 0 aromatic heterocycles. The molecule has 4 N–H and O–H groups in total. The lowest BCUT2D eigenvalue weighted by Gasteiger charge is -2.24. The van der Waals surface area contributed by atoms with Crippen molar-refractivity contribution in [3.05, 3.63) is 64.7 Å². The van der Waals surface area contributed by atoms with E-state index in [0.717, 1.165) is 11.1 Å². The Morgan fingerprint density at radius 1 is 1.09 bits per heavy atom. The zero-order valence-electron chi connectivity index (χ0n) is 19.5. The minimum Gasteiger partial charge on any atom is -0.480 e. The number of nitrogens with one attached hydrogen (secondary N) is 1. The first kappa shape index (κ1) is 24.9. The molecule has 0 heterocycles. The number of amides is 2. The fraction of sp³-hybridized carbons (Fsp3) is 0.360. The number of aliphatic carboxylic acids is 1. The molecule has 9 heteroatoms. The number of carboxylic acid groups (broad SMARTS) is 1. The van der Waals surface area contributed by atoms with Crippen molar-refractivity contribution >= 4 is 29.5 Å². The van der Waals surface area contributed by atoms with Crippen LogP contribution in [0.25, 0.3) is 0 Å². The maximum atomic E-state index is 12.7. The Morgan fingerprint density at radius 2 is 1.76 bits per heavy atom. The van der Waals surface area contributed by atoms with E-state index < -0.39 is 17.7 Å². The van der Waals surface area contributed by atoms with E-state index in [2.05, 4.69) is 10.3 Å². The quantitative estimate of drug-likeness (QED) is 0.436. The van der Waals surface area contributed by atoms with E-state index in [1.807, 2.05) is 12.1 Å². The molecule has 0 fully saturated rings. The van der Waals surface area contributed by atoms with Crippen LogP contribution in [0.3, 0.4) is 0 Å². The number of carbonyl (C=O) groups excluding carboxylic acids is 2. The number of ether oxygens (including phenoxy) is 2. The van der Waals surface area contributed by atoms with Gasteiger partial charge < -0.3 is 25.6 Å². The van der Waals surface area contributed by atoms with Crippen molar-refractivity contribution in [3.63, 3.8) is 0 Å². The number of rotatable bonds is 6. The van der Waals surface area contributed by atoms with Gasteiger partial charge in [0.05, 0.1) is 6.10 Å². The first-order chi connectivity index (χ1) is 16.0. The lowest BCUT2D eigenvalue weighted by molar-refractivity contribution is -0.144. The molecule has 9 nitrogen and oxygen atoms in total. The Labute approximate surface area is 198 Å². The second-order valence-corrected chi connectivity index (χ2v) is 9.06. The van der Waals surface area contributed by atoms with Crippen molar-refractivity contribution in [1.29, 1.82) is 0 Å². The van der Waals surface area contributed by atoms with Crippen LogP contribution in [0.1, 0.15) is 54.2 Å². The molecule has 1 atom stereocenters. The van der Waals surface area contributed by atoms with Gasteiger partial charge in [-0.25, -0.2) is 9.59 Å². The van der Waals surface area contributed by atoms with Gasteiger partial charge in [-0.05, 0) is 87.6 Å². The summed E-state index contributed by atoms with van der Waals surface area (Å²) in [4.78, 5) is 39.0. The Kier molecular flexibility index (Phi) is 7.68. The van der Waals surface area contributed by atoms with Crippen molar-refractivity contribution in [2.75, 3.05) is 11.9 Å². The van der Waals surface area contributed by atoms with Crippen LogP contribution < -0.4 is 11.1 Å². The molecule has 0 saturated heterocycles. The number of hydrogen-bond donors (Lipinski definition) is 3. The maximum absolute atomic E-state index is 12.7. The summed E-state index contributed by atoms with van der Waals surface area (Å²) >= 11 is 0. The van der Waals surface area contributed by atoms with Crippen LogP contribution in [0.15, 0.2) is 47.5 Å². The lowest BCUT2D eigenvalue weighted by atomic mass is 9.88. The minimum atomic E-state index is -0.983. The highest BCUT2D eigenvalue weighted by Crippen LogP contribution is 2.25. The number of anilines is 1. The second kappa shape index (κ2) is 10.5. The molecule has 1 aliphatic carbocycles. The number of carboxylic acids is 1. The van der Waals surface area contributed by atoms with E-state index in [4.69, 9.17) is 20.3 Å². The second-order valence-electron chi connectivity index (χ2n) is 9.06. The summed E-state index contributed by atoms with van der Waals surface area (Å²) < 4.78 is 10.5. The van der Waals surface area contributed by atoms with Crippen molar-refractivity contribution < 1.29 is 29.0 Å². The third kappa shape index (κ3) is 7.14. The van der Waals surface area contributed by atoms with E-state index in [0.29, 0.717) is 36.1 Å². The number of aryl methyl sites for hydroxylation is 1. The Bertz CT molecular complexity index is 1100.